The van der Waals surface area contributed by atoms with Crippen molar-refractivity contribution in [3.05, 3.63) is 157 Å². The van der Waals surface area contributed by atoms with E-state index >= 15 is 0 Å². The number of rotatable bonds is 8. The molecule has 0 N–H and O–H groups in total. The monoisotopic (exact) mass is 730 g/mol. The predicted octanol–water partition coefficient (Wildman–Crippen LogP) is 12.4. The summed E-state index contributed by atoms with van der Waals surface area (Å²) < 4.78 is 0. The minimum absolute atomic E-state index is 0.622. The van der Waals surface area contributed by atoms with Gasteiger partial charge in [0.1, 0.15) is 12.1 Å². The van der Waals surface area contributed by atoms with Crippen molar-refractivity contribution >= 4 is 93.0 Å². The van der Waals surface area contributed by atoms with Gasteiger partial charge in [-0.2, -0.15) is 10.5 Å². The first-order chi connectivity index (χ1) is 26.0. The van der Waals surface area contributed by atoms with Crippen LogP contribution in [0.1, 0.15) is 11.1 Å². The Bertz CT molecular complexity index is 2600. The van der Waals surface area contributed by atoms with Gasteiger partial charge in [0.05, 0.1) is 50.0 Å². The third-order valence-corrected chi connectivity index (χ3v) is 14.7. The van der Waals surface area contributed by atoms with E-state index in [1.807, 2.05) is 36.4 Å². The molecular weight excluding hydrogens is 689 g/mol. The van der Waals surface area contributed by atoms with Crippen molar-refractivity contribution in [3.8, 4) is 12.1 Å². The van der Waals surface area contributed by atoms with Gasteiger partial charge in [-0.15, -0.1) is 0 Å². The Labute approximate surface area is 320 Å². The van der Waals surface area contributed by atoms with Crippen LogP contribution >= 0.6 is 0 Å². The summed E-state index contributed by atoms with van der Waals surface area (Å²) in [5.41, 5.74) is 7.06. The molecule has 8 rings (SSSR count). The Morgan fingerprint density at radius 1 is 0.407 bits per heavy atom. The molecular formula is C48H42N4Si2. The molecule has 0 saturated carbocycles. The summed E-state index contributed by atoms with van der Waals surface area (Å²) in [6.45, 7) is 14.2. The van der Waals surface area contributed by atoms with E-state index < -0.39 is 16.1 Å². The van der Waals surface area contributed by atoms with Gasteiger partial charge in [0.2, 0.25) is 0 Å². The van der Waals surface area contributed by atoms with Crippen molar-refractivity contribution in [2.45, 2.75) is 39.3 Å². The molecule has 0 saturated heterocycles. The molecule has 0 bridgehead atoms. The Morgan fingerprint density at radius 3 is 1.19 bits per heavy atom. The fraction of sp³-hybridized carbons (Fsp3) is 0.125. The summed E-state index contributed by atoms with van der Waals surface area (Å²) in [5.74, 6) is 0. The number of benzene rings is 8. The lowest BCUT2D eigenvalue weighted by molar-refractivity contribution is 1.28. The number of hydrogen-bond donors (Lipinski definition) is 0. The van der Waals surface area contributed by atoms with Crippen LogP contribution in [0.4, 0.5) is 34.1 Å². The molecule has 54 heavy (non-hydrogen) atoms. The Balaban J connectivity index is 1.43. The molecule has 0 atom stereocenters. The van der Waals surface area contributed by atoms with E-state index in [4.69, 9.17) is 0 Å². The maximum Gasteiger partial charge on any atom is 0.101 e. The Morgan fingerprint density at radius 2 is 0.796 bits per heavy atom. The third kappa shape index (κ3) is 6.00. The average molecular weight is 731 g/mol. The summed E-state index contributed by atoms with van der Waals surface area (Å²) >= 11 is 0. The average Bonchev–Trinajstić information content (AvgIpc) is 3.18. The first-order valence-electron chi connectivity index (χ1n) is 18.5. The SMILES string of the molecule is C[Si](C)(C)c1cccc(N(c2ccccc2C#N)c2ccc3ccc4c(N(c5cccc([Si](C)(C)C)c5)c5ccccc5C#N)ccc5ccc2c3c54)c1. The predicted molar refractivity (Wildman–Crippen MR) is 235 cm³/mol. The van der Waals surface area contributed by atoms with E-state index in [0.29, 0.717) is 11.1 Å². The van der Waals surface area contributed by atoms with Crippen molar-refractivity contribution in [2.75, 3.05) is 9.80 Å². The van der Waals surface area contributed by atoms with Crippen LogP contribution in [0.3, 0.4) is 0 Å². The quantitative estimate of drug-likeness (QED) is 0.115. The fourth-order valence-corrected chi connectivity index (χ4v) is 10.1. The lowest BCUT2D eigenvalue weighted by atomic mass is 9.91. The number of nitrogens with zero attached hydrogens (tertiary/aromatic N) is 4. The van der Waals surface area contributed by atoms with Crippen molar-refractivity contribution in [3.63, 3.8) is 0 Å². The van der Waals surface area contributed by atoms with Gasteiger partial charge in [-0.3, -0.25) is 0 Å². The molecule has 0 aliphatic carbocycles. The highest BCUT2D eigenvalue weighted by molar-refractivity contribution is 6.89. The molecule has 0 aliphatic heterocycles. The van der Waals surface area contributed by atoms with Crippen LogP contribution in [0.25, 0.3) is 32.3 Å². The van der Waals surface area contributed by atoms with E-state index in [2.05, 4.69) is 170 Å². The summed E-state index contributed by atoms with van der Waals surface area (Å²) in [7, 11) is -3.30. The number of anilines is 6. The number of hydrogen-bond acceptors (Lipinski definition) is 4. The minimum Gasteiger partial charge on any atom is -0.309 e. The minimum atomic E-state index is -1.65. The molecule has 6 heteroatoms. The molecule has 0 fully saturated rings. The van der Waals surface area contributed by atoms with Crippen molar-refractivity contribution in [2.24, 2.45) is 0 Å². The van der Waals surface area contributed by atoms with E-state index in [1.165, 1.54) is 21.1 Å². The summed E-state index contributed by atoms with van der Waals surface area (Å²) in [6, 6.07) is 56.2. The zero-order valence-electron chi connectivity index (χ0n) is 31.6. The third-order valence-electron chi connectivity index (χ3n) is 10.6. The number of nitriles is 2. The van der Waals surface area contributed by atoms with Gasteiger partial charge in [0.15, 0.2) is 0 Å². The van der Waals surface area contributed by atoms with E-state index in [0.717, 1.165) is 55.7 Å². The van der Waals surface area contributed by atoms with E-state index in [1.54, 1.807) is 0 Å². The lowest BCUT2D eigenvalue weighted by Crippen LogP contribution is -2.37. The van der Waals surface area contributed by atoms with Crippen molar-refractivity contribution < 1.29 is 0 Å². The lowest BCUT2D eigenvalue weighted by Gasteiger charge is -2.31. The molecule has 0 aliphatic rings. The second-order valence-electron chi connectivity index (χ2n) is 16.1. The molecule has 8 aromatic rings. The summed E-state index contributed by atoms with van der Waals surface area (Å²) in [6.07, 6.45) is 0. The van der Waals surface area contributed by atoms with Gasteiger partial charge in [0.25, 0.3) is 0 Å². The van der Waals surface area contributed by atoms with Crippen LogP contribution in [0.5, 0.6) is 0 Å². The van der Waals surface area contributed by atoms with E-state index in [-0.39, 0.29) is 0 Å². The zero-order valence-corrected chi connectivity index (χ0v) is 33.6. The van der Waals surface area contributed by atoms with Crippen LogP contribution in [0.2, 0.25) is 39.3 Å². The maximum absolute atomic E-state index is 10.4. The molecule has 0 aromatic heterocycles. The van der Waals surface area contributed by atoms with Crippen molar-refractivity contribution in [1.29, 1.82) is 10.5 Å². The van der Waals surface area contributed by atoms with Gasteiger partial charge < -0.3 is 9.80 Å². The normalized spacial score (nSPS) is 11.9. The molecule has 4 nitrogen and oxygen atoms in total. The molecule has 0 unspecified atom stereocenters. The Hall–Kier alpha value is -6.19. The smallest absolute Gasteiger partial charge is 0.101 e. The molecule has 0 heterocycles. The topological polar surface area (TPSA) is 54.1 Å². The molecule has 0 radical (unpaired) electrons. The van der Waals surface area contributed by atoms with Crippen LogP contribution in [0, 0.1) is 22.7 Å². The molecule has 8 aromatic carbocycles. The first kappa shape index (κ1) is 34.9. The second kappa shape index (κ2) is 13.3. The maximum atomic E-state index is 10.4. The van der Waals surface area contributed by atoms with Crippen LogP contribution in [0.15, 0.2) is 146 Å². The molecule has 0 amide bonds. The summed E-state index contributed by atoms with van der Waals surface area (Å²) in [5, 5.41) is 30.3. The van der Waals surface area contributed by atoms with Gasteiger partial charge >= 0.3 is 0 Å². The fourth-order valence-electron chi connectivity index (χ4n) is 7.73. The highest BCUT2D eigenvalue weighted by atomic mass is 28.3. The van der Waals surface area contributed by atoms with Crippen LogP contribution in [-0.4, -0.2) is 16.1 Å². The highest BCUT2D eigenvalue weighted by Crippen LogP contribution is 2.48. The van der Waals surface area contributed by atoms with Crippen molar-refractivity contribution in [1.82, 2.24) is 0 Å². The standard InChI is InChI=1S/C48H42N4Si2/c1-53(2,3)39-17-11-15-37(29-39)51(43-19-9-7-13-35(43)31-49)45-27-23-33-22-26-42-46(28-24-34-21-25-41(45)47(33)48(34)42)52(44-20-10-8-14-36(44)32-50)38-16-12-18-40(30-38)54(4,5)6/h7-30H,1-6H3. The van der Waals surface area contributed by atoms with Crippen LogP contribution < -0.4 is 20.2 Å². The first-order valence-corrected chi connectivity index (χ1v) is 25.5. The van der Waals surface area contributed by atoms with Gasteiger partial charge in [-0.05, 0) is 82.2 Å². The Kier molecular flexibility index (Phi) is 8.62. The highest BCUT2D eigenvalue weighted by Gasteiger charge is 2.26. The van der Waals surface area contributed by atoms with Crippen LogP contribution in [-0.2, 0) is 0 Å². The van der Waals surface area contributed by atoms with Gasteiger partial charge in [0, 0.05) is 22.1 Å². The van der Waals surface area contributed by atoms with E-state index in [9.17, 15) is 10.5 Å². The summed E-state index contributed by atoms with van der Waals surface area (Å²) in [4.78, 5) is 4.54. The largest absolute Gasteiger partial charge is 0.309 e. The number of para-hydroxylation sites is 2. The van der Waals surface area contributed by atoms with Gasteiger partial charge in [-0.1, -0.05) is 135 Å². The molecule has 0 spiro atoms. The molecule has 262 valence electrons. The zero-order chi connectivity index (χ0) is 37.8. The second-order valence-corrected chi connectivity index (χ2v) is 26.3. The van der Waals surface area contributed by atoms with Gasteiger partial charge in [-0.25, -0.2) is 0 Å².